The van der Waals surface area contributed by atoms with Gasteiger partial charge in [0.1, 0.15) is 11.8 Å². The van der Waals surface area contributed by atoms with Gasteiger partial charge in [0.25, 0.3) is 5.91 Å². The molecule has 1 aromatic heterocycles. The zero-order valence-electron chi connectivity index (χ0n) is 17.7. The van der Waals surface area contributed by atoms with Crippen LogP contribution in [0.5, 0.6) is 5.75 Å². The highest BCUT2D eigenvalue weighted by Crippen LogP contribution is 2.36. The molecule has 0 fully saturated rings. The van der Waals surface area contributed by atoms with Crippen molar-refractivity contribution in [3.05, 3.63) is 48.5 Å². The Morgan fingerprint density at radius 3 is 2.74 bits per heavy atom. The summed E-state index contributed by atoms with van der Waals surface area (Å²) >= 11 is 0. The molecule has 0 spiro atoms. The molecule has 2 heterocycles. The first-order chi connectivity index (χ1) is 15.1. The molecule has 0 aliphatic carbocycles. The molecule has 4 rings (SSSR count). The van der Waals surface area contributed by atoms with Gasteiger partial charge in [0.15, 0.2) is 0 Å². The van der Waals surface area contributed by atoms with E-state index >= 15 is 0 Å². The van der Waals surface area contributed by atoms with Crippen molar-refractivity contribution in [1.29, 1.82) is 0 Å². The maximum Gasteiger partial charge on any atom is 0.253 e. The first-order valence-corrected chi connectivity index (χ1v) is 10.4. The minimum Gasteiger partial charge on any atom is -0.492 e. The number of carbonyl (C=O) groups excluding carboxylic acids is 2. The van der Waals surface area contributed by atoms with Crippen LogP contribution in [-0.4, -0.2) is 48.2 Å². The van der Waals surface area contributed by atoms with Crippen molar-refractivity contribution in [3.63, 3.8) is 0 Å². The molecule has 162 valence electrons. The summed E-state index contributed by atoms with van der Waals surface area (Å²) in [6.07, 6.45) is 0.694. The summed E-state index contributed by atoms with van der Waals surface area (Å²) in [6.45, 7) is 3.42. The van der Waals surface area contributed by atoms with E-state index < -0.39 is 6.04 Å². The Hall–Kier alpha value is -3.39. The van der Waals surface area contributed by atoms with Gasteiger partial charge in [-0.2, -0.15) is 0 Å². The Morgan fingerprint density at radius 2 is 1.94 bits per heavy atom. The number of hydrogen-bond acceptors (Lipinski definition) is 5. The average molecular weight is 422 g/mol. The molecule has 1 aliphatic heterocycles. The van der Waals surface area contributed by atoms with E-state index in [1.165, 1.54) is 0 Å². The number of rotatable bonds is 9. The van der Waals surface area contributed by atoms with E-state index in [9.17, 15) is 9.59 Å². The summed E-state index contributed by atoms with van der Waals surface area (Å²) in [5, 5.41) is 2.89. The van der Waals surface area contributed by atoms with E-state index in [4.69, 9.17) is 9.47 Å². The normalized spacial score (nSPS) is 15.4. The third-order valence-corrected chi connectivity index (χ3v) is 5.25. The Kier molecular flexibility index (Phi) is 6.18. The van der Waals surface area contributed by atoms with Crippen LogP contribution in [-0.2, 0) is 14.3 Å². The van der Waals surface area contributed by atoms with Crippen LogP contribution in [0.3, 0.4) is 0 Å². The molecule has 3 aromatic rings. The molecule has 2 amide bonds. The molecule has 31 heavy (non-hydrogen) atoms. The van der Waals surface area contributed by atoms with Crippen molar-refractivity contribution in [3.8, 4) is 5.75 Å². The van der Waals surface area contributed by atoms with E-state index in [0.717, 1.165) is 11.0 Å². The molecule has 2 aromatic carbocycles. The number of nitrogens with one attached hydrogen (secondary N) is 1. The zero-order valence-corrected chi connectivity index (χ0v) is 17.7. The van der Waals surface area contributed by atoms with E-state index in [0.29, 0.717) is 43.6 Å². The molecule has 1 atom stereocenters. The van der Waals surface area contributed by atoms with Gasteiger partial charge in [-0.1, -0.05) is 24.3 Å². The van der Waals surface area contributed by atoms with E-state index in [1.807, 2.05) is 47.9 Å². The van der Waals surface area contributed by atoms with Crippen molar-refractivity contribution in [2.75, 3.05) is 37.1 Å². The second-order valence-corrected chi connectivity index (χ2v) is 7.30. The van der Waals surface area contributed by atoms with Crippen LogP contribution >= 0.6 is 0 Å². The Bertz CT molecular complexity index is 1090. The fourth-order valence-corrected chi connectivity index (χ4v) is 3.90. The lowest BCUT2D eigenvalue weighted by Crippen LogP contribution is -2.32. The first-order valence-electron chi connectivity index (χ1n) is 10.4. The van der Waals surface area contributed by atoms with Gasteiger partial charge in [-0.3, -0.25) is 19.1 Å². The summed E-state index contributed by atoms with van der Waals surface area (Å²) < 4.78 is 12.6. The predicted molar refractivity (Wildman–Crippen MR) is 118 cm³/mol. The smallest absolute Gasteiger partial charge is 0.253 e. The number of aromatic nitrogens is 2. The summed E-state index contributed by atoms with van der Waals surface area (Å²) in [5.74, 6) is 0.798. The molecule has 0 radical (unpaired) electrons. The maximum atomic E-state index is 13.2. The lowest BCUT2D eigenvalue weighted by molar-refractivity contribution is -0.124. The number of carbonyl (C=O) groups is 2. The second-order valence-electron chi connectivity index (χ2n) is 7.30. The van der Waals surface area contributed by atoms with Gasteiger partial charge in [0, 0.05) is 20.3 Å². The van der Waals surface area contributed by atoms with Gasteiger partial charge in [-0.25, -0.2) is 4.98 Å². The minimum absolute atomic E-state index is 0.00737. The van der Waals surface area contributed by atoms with E-state index in [-0.39, 0.29) is 18.2 Å². The first kappa shape index (κ1) is 20.9. The number of fused-ring (bicyclic) bond motifs is 3. The molecule has 8 nitrogen and oxygen atoms in total. The Balaban J connectivity index is 1.59. The van der Waals surface area contributed by atoms with Gasteiger partial charge in [-0.15, -0.1) is 0 Å². The van der Waals surface area contributed by atoms with Gasteiger partial charge in [-0.05, 0) is 37.6 Å². The number of benzene rings is 2. The maximum absolute atomic E-state index is 13.2. The van der Waals surface area contributed by atoms with Crippen molar-refractivity contribution < 1.29 is 19.1 Å². The lowest BCUT2D eigenvalue weighted by atomic mass is 10.1. The fraction of sp³-hybridized carbons (Fsp3) is 0.348. The summed E-state index contributed by atoms with van der Waals surface area (Å²) in [6, 6.07) is 14.3. The lowest BCUT2D eigenvalue weighted by Gasteiger charge is -2.16. The van der Waals surface area contributed by atoms with Crippen LogP contribution in [0.15, 0.2) is 48.5 Å². The van der Waals surface area contributed by atoms with Crippen LogP contribution < -0.4 is 15.0 Å². The summed E-state index contributed by atoms with van der Waals surface area (Å²) in [5.41, 5.74) is 2.23. The predicted octanol–water partition coefficient (Wildman–Crippen LogP) is 3.39. The van der Waals surface area contributed by atoms with Crippen molar-refractivity contribution >= 4 is 34.5 Å². The number of hydrogen-bond donors (Lipinski definition) is 1. The number of imidazole rings is 1. The van der Waals surface area contributed by atoms with Gasteiger partial charge >= 0.3 is 0 Å². The second kappa shape index (κ2) is 9.18. The largest absolute Gasteiger partial charge is 0.492 e. The average Bonchev–Trinajstić information content (AvgIpc) is 3.26. The quantitative estimate of drug-likeness (QED) is 0.534. The van der Waals surface area contributed by atoms with Gasteiger partial charge in [0.05, 0.1) is 29.7 Å². The molecular formula is C23H26N4O4. The summed E-state index contributed by atoms with van der Waals surface area (Å²) in [7, 11) is 1.63. The SMILES string of the molecule is CCOc1ccccc1NC(=O)CC1C(=O)N(CCCOC)c2nc3ccccc3n21. The van der Waals surface area contributed by atoms with Crippen LogP contribution in [0.25, 0.3) is 11.0 Å². The van der Waals surface area contributed by atoms with E-state index in [2.05, 4.69) is 10.3 Å². The number of anilines is 2. The highest BCUT2D eigenvalue weighted by Gasteiger charge is 2.40. The molecule has 1 unspecified atom stereocenters. The highest BCUT2D eigenvalue weighted by molar-refractivity contribution is 6.05. The third-order valence-electron chi connectivity index (χ3n) is 5.25. The standard InChI is InChI=1S/C23H26N4O4/c1-3-31-20-12-7-5-10-17(20)24-21(28)15-19-22(29)26(13-8-14-30-2)23-25-16-9-4-6-11-18(16)27(19)23/h4-7,9-12,19H,3,8,13-15H2,1-2H3,(H,24,28). The number of ether oxygens (including phenoxy) is 2. The highest BCUT2D eigenvalue weighted by atomic mass is 16.5. The number of methoxy groups -OCH3 is 1. The topological polar surface area (TPSA) is 85.7 Å². The molecule has 0 bridgehead atoms. The molecule has 1 aliphatic rings. The van der Waals surface area contributed by atoms with Gasteiger partial charge in [0.2, 0.25) is 11.9 Å². The van der Waals surface area contributed by atoms with Gasteiger partial charge < -0.3 is 14.8 Å². The van der Waals surface area contributed by atoms with Crippen LogP contribution in [0.4, 0.5) is 11.6 Å². The van der Waals surface area contributed by atoms with Crippen molar-refractivity contribution in [2.24, 2.45) is 0 Å². The monoisotopic (exact) mass is 422 g/mol. The molecule has 0 saturated carbocycles. The van der Waals surface area contributed by atoms with E-state index in [1.54, 1.807) is 24.1 Å². The minimum atomic E-state index is -0.649. The third kappa shape index (κ3) is 4.11. The molecule has 8 heteroatoms. The van der Waals surface area contributed by atoms with Crippen molar-refractivity contribution in [1.82, 2.24) is 9.55 Å². The fourth-order valence-electron chi connectivity index (χ4n) is 3.90. The van der Waals surface area contributed by atoms with Crippen LogP contribution in [0, 0.1) is 0 Å². The van der Waals surface area contributed by atoms with Crippen molar-refractivity contribution in [2.45, 2.75) is 25.8 Å². The number of para-hydroxylation sites is 4. The molecule has 1 N–H and O–H groups in total. The Labute approximate surface area is 180 Å². The molecule has 0 saturated heterocycles. The van der Waals surface area contributed by atoms with Crippen LogP contribution in [0.1, 0.15) is 25.8 Å². The number of amides is 2. The number of nitrogens with zero attached hydrogens (tertiary/aromatic N) is 3. The zero-order chi connectivity index (χ0) is 21.8. The summed E-state index contributed by atoms with van der Waals surface area (Å²) in [4.78, 5) is 32.5. The van der Waals surface area contributed by atoms with Crippen LogP contribution in [0.2, 0.25) is 0 Å². The Morgan fingerprint density at radius 1 is 1.16 bits per heavy atom. The molecular weight excluding hydrogens is 396 g/mol.